The van der Waals surface area contributed by atoms with Crippen LogP contribution >= 0.6 is 15.9 Å². The maximum atomic E-state index is 4.48. The Kier molecular flexibility index (Phi) is 2.62. The van der Waals surface area contributed by atoms with E-state index in [1.807, 2.05) is 0 Å². The number of hydrogen-bond donors (Lipinski definition) is 0. The van der Waals surface area contributed by atoms with E-state index in [-0.39, 0.29) is 5.54 Å². The molecule has 0 saturated heterocycles. The van der Waals surface area contributed by atoms with Gasteiger partial charge in [-0.1, -0.05) is 22.4 Å². The molecule has 1 aromatic heterocycles. The summed E-state index contributed by atoms with van der Waals surface area (Å²) in [5.41, 5.74) is 0.0822. The van der Waals surface area contributed by atoms with E-state index in [1.165, 1.54) is 25.1 Å². The van der Waals surface area contributed by atoms with Gasteiger partial charge >= 0.3 is 0 Å². The summed E-state index contributed by atoms with van der Waals surface area (Å²) in [6.45, 7) is 6.72. The Labute approximate surface area is 111 Å². The molecule has 0 bridgehead atoms. The molecule has 0 N–H and O–H groups in total. The van der Waals surface area contributed by atoms with Gasteiger partial charge in [0.25, 0.3) is 0 Å². The number of alkyl halides is 1. The summed E-state index contributed by atoms with van der Waals surface area (Å²) >= 11 is 3.52. The molecule has 3 nitrogen and oxygen atoms in total. The zero-order valence-electron chi connectivity index (χ0n) is 10.8. The predicted molar refractivity (Wildman–Crippen MR) is 71.2 cm³/mol. The minimum absolute atomic E-state index is 0.0822. The molecule has 2 atom stereocenters. The molecule has 2 aliphatic carbocycles. The minimum atomic E-state index is 0.0822. The molecule has 1 aromatic rings. The lowest BCUT2D eigenvalue weighted by atomic mass is 10.1. The molecule has 17 heavy (non-hydrogen) atoms. The second kappa shape index (κ2) is 3.81. The number of hydrogen-bond acceptors (Lipinski definition) is 2. The third-order valence-electron chi connectivity index (χ3n) is 4.25. The Morgan fingerprint density at radius 3 is 2.41 bits per heavy atom. The molecule has 2 unspecified atom stereocenters. The Bertz CT molecular complexity index is 422. The molecule has 2 aliphatic rings. The van der Waals surface area contributed by atoms with Crippen LogP contribution in [-0.2, 0) is 10.9 Å². The van der Waals surface area contributed by atoms with Gasteiger partial charge in [0.15, 0.2) is 0 Å². The first-order valence-electron chi connectivity index (χ1n) is 6.54. The summed E-state index contributed by atoms with van der Waals surface area (Å²) in [6, 6.07) is 0. The highest BCUT2D eigenvalue weighted by molar-refractivity contribution is 9.08. The highest BCUT2D eigenvalue weighted by Gasteiger charge is 2.56. The van der Waals surface area contributed by atoms with Gasteiger partial charge < -0.3 is 4.57 Å². The summed E-state index contributed by atoms with van der Waals surface area (Å²) in [5.74, 6) is 4.81. The molecule has 2 saturated carbocycles. The first-order chi connectivity index (χ1) is 8.04. The maximum Gasteiger partial charge on any atom is 0.144 e. The van der Waals surface area contributed by atoms with Crippen LogP contribution in [0, 0.1) is 11.8 Å². The largest absolute Gasteiger partial charge is 0.309 e. The fraction of sp³-hybridized carbons (Fsp3) is 0.846. The van der Waals surface area contributed by atoms with Crippen molar-refractivity contribution >= 4 is 15.9 Å². The average Bonchev–Trinajstić information content (AvgIpc) is 2.72. The monoisotopic (exact) mass is 297 g/mol. The predicted octanol–water partition coefficient (Wildman–Crippen LogP) is 3.44. The number of rotatable bonds is 2. The van der Waals surface area contributed by atoms with E-state index in [0.29, 0.717) is 5.92 Å². The minimum Gasteiger partial charge on any atom is -0.309 e. The van der Waals surface area contributed by atoms with Gasteiger partial charge in [0.05, 0.1) is 5.33 Å². The van der Waals surface area contributed by atoms with Crippen molar-refractivity contribution in [3.05, 3.63) is 11.6 Å². The van der Waals surface area contributed by atoms with Gasteiger partial charge in [0.1, 0.15) is 11.6 Å². The fourth-order valence-electron chi connectivity index (χ4n) is 3.57. The van der Waals surface area contributed by atoms with Crippen molar-refractivity contribution in [3.8, 4) is 0 Å². The van der Waals surface area contributed by atoms with E-state index >= 15 is 0 Å². The second-order valence-corrected chi connectivity index (χ2v) is 6.96. The molecule has 0 amide bonds. The third kappa shape index (κ3) is 1.76. The summed E-state index contributed by atoms with van der Waals surface area (Å²) in [4.78, 5) is 0. The van der Waals surface area contributed by atoms with E-state index in [1.54, 1.807) is 0 Å². The fourth-order valence-corrected chi connectivity index (χ4v) is 3.93. The number of nitrogens with zero attached hydrogens (tertiary/aromatic N) is 3. The van der Waals surface area contributed by atoms with Gasteiger partial charge in [0, 0.05) is 11.5 Å². The lowest BCUT2D eigenvalue weighted by molar-refractivity contribution is 0.369. The smallest absolute Gasteiger partial charge is 0.144 e. The van der Waals surface area contributed by atoms with Crippen molar-refractivity contribution < 1.29 is 0 Å². The van der Waals surface area contributed by atoms with Gasteiger partial charge in [-0.3, -0.25) is 0 Å². The van der Waals surface area contributed by atoms with Crippen molar-refractivity contribution in [1.82, 2.24) is 14.8 Å². The summed E-state index contributed by atoms with van der Waals surface area (Å²) in [5, 5.41) is 9.63. The van der Waals surface area contributed by atoms with E-state index in [4.69, 9.17) is 0 Å². The highest BCUT2D eigenvalue weighted by atomic mass is 79.9. The topological polar surface area (TPSA) is 30.7 Å². The summed E-state index contributed by atoms with van der Waals surface area (Å²) < 4.78 is 2.35. The van der Waals surface area contributed by atoms with E-state index < -0.39 is 0 Å². The van der Waals surface area contributed by atoms with Gasteiger partial charge in [-0.2, -0.15) is 0 Å². The van der Waals surface area contributed by atoms with Crippen LogP contribution in [0.15, 0.2) is 0 Å². The van der Waals surface area contributed by atoms with Crippen molar-refractivity contribution in [2.24, 2.45) is 11.8 Å². The number of aromatic nitrogens is 3. The number of fused-ring (bicyclic) bond motifs is 1. The first kappa shape index (κ1) is 11.7. The Balaban J connectivity index is 1.98. The quantitative estimate of drug-likeness (QED) is 0.783. The van der Waals surface area contributed by atoms with Crippen LogP contribution in [0.2, 0.25) is 0 Å². The van der Waals surface area contributed by atoms with Crippen LogP contribution in [0.4, 0.5) is 0 Å². The molecule has 0 spiro atoms. The van der Waals surface area contributed by atoms with Crippen molar-refractivity contribution in [2.75, 3.05) is 0 Å². The van der Waals surface area contributed by atoms with Crippen molar-refractivity contribution in [1.29, 1.82) is 0 Å². The van der Waals surface area contributed by atoms with Crippen LogP contribution in [0.1, 0.15) is 57.6 Å². The molecule has 0 aliphatic heterocycles. The lowest BCUT2D eigenvalue weighted by Gasteiger charge is -2.25. The third-order valence-corrected chi connectivity index (χ3v) is 4.75. The standard InChI is InChI=1S/C13H20BrN3/c1-13(2,3)17-10(7-14)15-16-12(17)11-8-5-4-6-9(8)11/h8-9,11H,4-7H2,1-3H3. The Hall–Kier alpha value is -0.380. The Morgan fingerprint density at radius 2 is 1.88 bits per heavy atom. The molecular weight excluding hydrogens is 278 g/mol. The maximum absolute atomic E-state index is 4.48. The number of halogens is 1. The van der Waals surface area contributed by atoms with E-state index in [0.717, 1.165) is 23.0 Å². The SMILES string of the molecule is CC(C)(C)n1c(CBr)nnc1C1C2CCCC21. The zero-order valence-corrected chi connectivity index (χ0v) is 12.4. The molecule has 2 fully saturated rings. The molecular formula is C13H20BrN3. The lowest BCUT2D eigenvalue weighted by Crippen LogP contribution is -2.26. The normalized spacial score (nSPS) is 31.6. The Morgan fingerprint density at radius 1 is 1.24 bits per heavy atom. The van der Waals surface area contributed by atoms with Gasteiger partial charge in [-0.05, 0) is 45.4 Å². The molecule has 1 heterocycles. The van der Waals surface area contributed by atoms with Gasteiger partial charge in [0.2, 0.25) is 0 Å². The van der Waals surface area contributed by atoms with Crippen LogP contribution in [0.25, 0.3) is 0 Å². The van der Waals surface area contributed by atoms with E-state index in [2.05, 4.69) is 51.5 Å². The van der Waals surface area contributed by atoms with Gasteiger partial charge in [-0.25, -0.2) is 0 Å². The second-order valence-electron chi connectivity index (χ2n) is 6.40. The van der Waals surface area contributed by atoms with E-state index in [9.17, 15) is 0 Å². The van der Waals surface area contributed by atoms with Crippen molar-refractivity contribution in [2.45, 2.75) is 56.8 Å². The van der Waals surface area contributed by atoms with Crippen LogP contribution < -0.4 is 0 Å². The molecule has 4 heteroatoms. The molecule has 3 rings (SSSR count). The summed E-state index contributed by atoms with van der Waals surface area (Å²) in [6.07, 6.45) is 4.22. The van der Waals surface area contributed by atoms with Crippen LogP contribution in [-0.4, -0.2) is 14.8 Å². The van der Waals surface area contributed by atoms with Crippen molar-refractivity contribution in [3.63, 3.8) is 0 Å². The van der Waals surface area contributed by atoms with Gasteiger partial charge in [-0.15, -0.1) is 10.2 Å². The van der Waals surface area contributed by atoms with Crippen LogP contribution in [0.3, 0.4) is 0 Å². The zero-order chi connectivity index (χ0) is 12.2. The average molecular weight is 298 g/mol. The highest BCUT2D eigenvalue weighted by Crippen LogP contribution is 2.62. The first-order valence-corrected chi connectivity index (χ1v) is 7.67. The molecule has 94 valence electrons. The summed E-state index contributed by atoms with van der Waals surface area (Å²) in [7, 11) is 0. The van der Waals surface area contributed by atoms with Crippen LogP contribution in [0.5, 0.6) is 0 Å². The molecule has 0 radical (unpaired) electrons. The molecule has 0 aromatic carbocycles.